The number of carbonyl (C=O) groups excluding carboxylic acids is 1. The molecule has 2 aromatic carbocycles. The van der Waals surface area contributed by atoms with Crippen LogP contribution < -0.4 is 5.32 Å². The Morgan fingerprint density at radius 2 is 1.87 bits per heavy atom. The molecule has 156 valence electrons. The molecule has 7 heteroatoms. The molecule has 2 heterocycles. The molecule has 1 saturated heterocycles. The van der Waals surface area contributed by atoms with E-state index in [4.69, 9.17) is 16.0 Å². The van der Waals surface area contributed by atoms with Gasteiger partial charge in [0.05, 0.1) is 5.69 Å². The van der Waals surface area contributed by atoms with Crippen molar-refractivity contribution < 1.29 is 9.21 Å². The summed E-state index contributed by atoms with van der Waals surface area (Å²) in [6, 6.07) is 15.3. The molecule has 1 aromatic heterocycles. The lowest BCUT2D eigenvalue weighted by atomic mass is 10.2. The molecule has 0 saturated carbocycles. The minimum absolute atomic E-state index is 0.0545. The van der Waals surface area contributed by atoms with Gasteiger partial charge in [0.25, 0.3) is 0 Å². The summed E-state index contributed by atoms with van der Waals surface area (Å²) in [4.78, 5) is 21.4. The number of piperazine rings is 1. The van der Waals surface area contributed by atoms with Crippen molar-refractivity contribution in [3.63, 3.8) is 0 Å². The number of anilines is 1. The quantitative estimate of drug-likeness (QED) is 0.642. The van der Waals surface area contributed by atoms with E-state index in [0.29, 0.717) is 30.5 Å². The van der Waals surface area contributed by atoms with E-state index in [1.807, 2.05) is 67.3 Å². The standard InChI is InChI=1S/C23H25ClN4O2/c1-16-5-3-8-20(13-16)25-23(29)28-11-9-27(10-12-28)15-21-17(2)30-22(26-21)18-6-4-7-19(24)14-18/h3-8,13-14H,9-12,15H2,1-2H3,(H,25,29). The molecule has 1 aliphatic heterocycles. The minimum Gasteiger partial charge on any atom is -0.441 e. The summed E-state index contributed by atoms with van der Waals surface area (Å²) >= 11 is 6.08. The first-order chi connectivity index (χ1) is 14.5. The normalized spacial score (nSPS) is 14.7. The van der Waals surface area contributed by atoms with E-state index in [1.54, 1.807) is 0 Å². The Balaban J connectivity index is 1.33. The van der Waals surface area contributed by atoms with Crippen LogP contribution in [0.25, 0.3) is 11.5 Å². The zero-order chi connectivity index (χ0) is 21.1. The predicted molar refractivity (Wildman–Crippen MR) is 119 cm³/mol. The second-order valence-corrected chi connectivity index (χ2v) is 8.03. The highest BCUT2D eigenvalue weighted by Crippen LogP contribution is 2.25. The molecule has 0 spiro atoms. The molecule has 3 aromatic rings. The molecule has 1 fully saturated rings. The van der Waals surface area contributed by atoms with E-state index in [0.717, 1.165) is 41.4 Å². The number of rotatable bonds is 4. The van der Waals surface area contributed by atoms with Crippen molar-refractivity contribution in [1.29, 1.82) is 0 Å². The lowest BCUT2D eigenvalue weighted by molar-refractivity contribution is 0.141. The van der Waals surface area contributed by atoms with Crippen LogP contribution in [-0.4, -0.2) is 47.0 Å². The maximum Gasteiger partial charge on any atom is 0.321 e. The van der Waals surface area contributed by atoms with E-state index in [2.05, 4.69) is 15.2 Å². The Bertz CT molecular complexity index is 1040. The van der Waals surface area contributed by atoms with Crippen LogP contribution in [0.4, 0.5) is 10.5 Å². The summed E-state index contributed by atoms with van der Waals surface area (Å²) in [6.07, 6.45) is 0. The van der Waals surface area contributed by atoms with Crippen LogP contribution in [0.15, 0.2) is 52.9 Å². The summed E-state index contributed by atoms with van der Waals surface area (Å²) in [5, 5.41) is 3.64. The lowest BCUT2D eigenvalue weighted by Crippen LogP contribution is -2.49. The van der Waals surface area contributed by atoms with Crippen molar-refractivity contribution in [3.8, 4) is 11.5 Å². The summed E-state index contributed by atoms with van der Waals surface area (Å²) in [5.74, 6) is 1.39. The van der Waals surface area contributed by atoms with Crippen molar-refractivity contribution in [2.75, 3.05) is 31.5 Å². The van der Waals surface area contributed by atoms with Crippen molar-refractivity contribution >= 4 is 23.3 Å². The average molecular weight is 425 g/mol. The number of oxazole rings is 1. The third-order valence-corrected chi connectivity index (χ3v) is 5.50. The predicted octanol–water partition coefficient (Wildman–Crippen LogP) is 4.96. The van der Waals surface area contributed by atoms with Crippen molar-refractivity contribution in [3.05, 3.63) is 70.6 Å². The Labute approximate surface area is 181 Å². The van der Waals surface area contributed by atoms with E-state index in [1.165, 1.54) is 0 Å². The average Bonchev–Trinajstić information content (AvgIpc) is 3.09. The van der Waals surface area contributed by atoms with E-state index in [9.17, 15) is 4.79 Å². The molecule has 0 unspecified atom stereocenters. The number of aromatic nitrogens is 1. The third kappa shape index (κ3) is 4.83. The van der Waals surface area contributed by atoms with Gasteiger partial charge < -0.3 is 14.6 Å². The number of carbonyl (C=O) groups is 1. The molecule has 2 amide bonds. The van der Waals surface area contributed by atoms with Crippen molar-refractivity contribution in [1.82, 2.24) is 14.8 Å². The fraction of sp³-hybridized carbons (Fsp3) is 0.304. The number of hydrogen-bond acceptors (Lipinski definition) is 4. The van der Waals surface area contributed by atoms with E-state index < -0.39 is 0 Å². The van der Waals surface area contributed by atoms with Gasteiger partial charge in [-0.2, -0.15) is 0 Å². The Kier molecular flexibility index (Phi) is 6.06. The number of hydrogen-bond donors (Lipinski definition) is 1. The zero-order valence-corrected chi connectivity index (χ0v) is 17.9. The fourth-order valence-electron chi connectivity index (χ4n) is 3.57. The van der Waals surface area contributed by atoms with Gasteiger partial charge in [-0.25, -0.2) is 9.78 Å². The molecule has 0 aliphatic carbocycles. The number of urea groups is 1. The zero-order valence-electron chi connectivity index (χ0n) is 17.2. The number of nitrogens with one attached hydrogen (secondary N) is 1. The Morgan fingerprint density at radius 3 is 2.60 bits per heavy atom. The van der Waals surface area contributed by atoms with Crippen LogP contribution in [0.2, 0.25) is 5.02 Å². The second kappa shape index (κ2) is 8.90. The summed E-state index contributed by atoms with van der Waals surface area (Å²) < 4.78 is 5.86. The summed E-state index contributed by atoms with van der Waals surface area (Å²) in [5.41, 5.74) is 3.74. The van der Waals surface area contributed by atoms with Gasteiger partial charge in [0.2, 0.25) is 5.89 Å². The fourth-order valence-corrected chi connectivity index (χ4v) is 3.76. The minimum atomic E-state index is -0.0545. The first-order valence-corrected chi connectivity index (χ1v) is 10.4. The van der Waals surface area contributed by atoms with Crippen LogP contribution in [-0.2, 0) is 6.54 Å². The van der Waals surface area contributed by atoms with Gasteiger partial charge in [-0.3, -0.25) is 4.90 Å². The third-order valence-electron chi connectivity index (χ3n) is 5.27. The van der Waals surface area contributed by atoms with Gasteiger partial charge in [0, 0.05) is 49.0 Å². The molecule has 30 heavy (non-hydrogen) atoms. The lowest BCUT2D eigenvalue weighted by Gasteiger charge is -2.34. The van der Waals surface area contributed by atoms with Gasteiger partial charge in [-0.1, -0.05) is 29.8 Å². The van der Waals surface area contributed by atoms with Crippen LogP contribution >= 0.6 is 11.6 Å². The molecule has 4 rings (SSSR count). The monoisotopic (exact) mass is 424 g/mol. The van der Waals surface area contributed by atoms with Crippen LogP contribution in [0.3, 0.4) is 0 Å². The highest BCUT2D eigenvalue weighted by Gasteiger charge is 2.23. The summed E-state index contributed by atoms with van der Waals surface area (Å²) in [7, 11) is 0. The smallest absolute Gasteiger partial charge is 0.321 e. The molecule has 1 N–H and O–H groups in total. The number of amides is 2. The van der Waals surface area contributed by atoms with E-state index in [-0.39, 0.29) is 6.03 Å². The molecule has 1 aliphatic rings. The summed E-state index contributed by atoms with van der Waals surface area (Å²) in [6.45, 7) is 7.58. The maximum atomic E-state index is 12.5. The largest absolute Gasteiger partial charge is 0.441 e. The van der Waals surface area contributed by atoms with Gasteiger partial charge in [0.15, 0.2) is 0 Å². The molecular formula is C23H25ClN4O2. The van der Waals surface area contributed by atoms with Gasteiger partial charge >= 0.3 is 6.03 Å². The maximum absolute atomic E-state index is 12.5. The van der Waals surface area contributed by atoms with Crippen LogP contribution in [0.5, 0.6) is 0 Å². The SMILES string of the molecule is Cc1cccc(NC(=O)N2CCN(Cc3nc(-c4cccc(Cl)c4)oc3C)CC2)c1. The van der Waals surface area contributed by atoms with Crippen LogP contribution in [0, 0.1) is 13.8 Å². The Morgan fingerprint density at radius 1 is 1.10 bits per heavy atom. The highest BCUT2D eigenvalue weighted by atomic mass is 35.5. The van der Waals surface area contributed by atoms with Crippen molar-refractivity contribution in [2.24, 2.45) is 0 Å². The number of nitrogens with zero attached hydrogens (tertiary/aromatic N) is 3. The van der Waals surface area contributed by atoms with Gasteiger partial charge in [-0.05, 0) is 49.7 Å². The topological polar surface area (TPSA) is 61.6 Å². The highest BCUT2D eigenvalue weighted by molar-refractivity contribution is 6.30. The molecule has 0 radical (unpaired) electrons. The van der Waals surface area contributed by atoms with Gasteiger partial charge in [-0.15, -0.1) is 0 Å². The van der Waals surface area contributed by atoms with Crippen LogP contribution in [0.1, 0.15) is 17.0 Å². The molecule has 6 nitrogen and oxygen atoms in total. The molecular weight excluding hydrogens is 400 g/mol. The first-order valence-electron chi connectivity index (χ1n) is 10.0. The number of aryl methyl sites for hydroxylation is 2. The first kappa shape index (κ1) is 20.4. The Hall–Kier alpha value is -2.83. The van der Waals surface area contributed by atoms with Gasteiger partial charge in [0.1, 0.15) is 5.76 Å². The number of halogens is 1. The number of benzene rings is 2. The second-order valence-electron chi connectivity index (χ2n) is 7.60. The molecule has 0 bridgehead atoms. The molecule has 0 atom stereocenters. The van der Waals surface area contributed by atoms with Crippen molar-refractivity contribution in [2.45, 2.75) is 20.4 Å². The van der Waals surface area contributed by atoms with E-state index >= 15 is 0 Å².